The molecule has 0 saturated carbocycles. The topological polar surface area (TPSA) is 540 Å². The minimum absolute atomic E-state index is 0.158. The Morgan fingerprint density at radius 2 is 1.18 bits per heavy atom. The van der Waals surface area contributed by atoms with Gasteiger partial charge in [0.1, 0.15) is 71.5 Å². The minimum Gasteiger partial charge on any atom is -0.497 e. The lowest BCUT2D eigenvalue weighted by atomic mass is 9.90. The Bertz CT molecular complexity index is 4570. The van der Waals surface area contributed by atoms with Gasteiger partial charge < -0.3 is 98.7 Å². The number of aryl methyl sites for hydroxylation is 2. The average molecular weight is 1580 g/mol. The molecule has 0 aliphatic heterocycles. The van der Waals surface area contributed by atoms with Crippen molar-refractivity contribution in [3.05, 3.63) is 180 Å². The summed E-state index contributed by atoms with van der Waals surface area (Å²) < 4.78 is 21.1. The quantitative estimate of drug-likeness (QED) is 0.0231. The molecule has 0 bridgehead atoms. The fourth-order valence-electron chi connectivity index (χ4n) is 12.3. The number of aromatic nitrogens is 5. The molecular formula is C78H95FN16O19. The molecule has 11 amide bonds. The number of aliphatic hydroxyl groups is 3. The van der Waals surface area contributed by atoms with Gasteiger partial charge in [0.2, 0.25) is 59.1 Å². The number of ether oxygens (including phenoxy) is 1. The SMILES string of the molecule is CCc1cc(OC)ccc1-c1ccc(C[C@H](NC(=O)[C@H](CC(=O)O)NC(=O)[C@H](Cc2cnc[nH]2)NC(=O)[C@@H](NC(=O)[C@@](C)(Cc2ccccc2F)NC(=O)[C@@H](NC(=O)CNC(=O)[C@H](CCC(=O)O)NC(=O)C(C)N(C)C(=O)[C@@H](O)Cc2cnc[nH]2)[C@@H](C)O)[C@@H](C)O)C(=O)N[C@@H](Cc2cnccc2-c2ccccc2C)C(N)=O)cc1. The lowest BCUT2D eigenvalue weighted by Crippen LogP contribution is -2.67. The van der Waals surface area contributed by atoms with E-state index in [0.717, 1.165) is 59.6 Å². The van der Waals surface area contributed by atoms with Crippen molar-refractivity contribution in [1.29, 1.82) is 0 Å². The van der Waals surface area contributed by atoms with Gasteiger partial charge in [0.15, 0.2) is 0 Å². The molecule has 18 N–H and O–H groups in total. The van der Waals surface area contributed by atoms with Crippen molar-refractivity contribution >= 4 is 76.9 Å². The summed E-state index contributed by atoms with van der Waals surface area (Å²) in [5, 5.41) is 74.0. The van der Waals surface area contributed by atoms with Gasteiger partial charge in [-0.05, 0) is 122 Å². The van der Waals surface area contributed by atoms with Crippen LogP contribution < -0.4 is 58.3 Å². The second-order valence-electron chi connectivity index (χ2n) is 27.6. The van der Waals surface area contributed by atoms with Gasteiger partial charge in [-0.15, -0.1) is 0 Å². The number of primary amides is 1. The normalized spacial score (nSPS) is 14.6. The van der Waals surface area contributed by atoms with E-state index >= 15 is 4.39 Å². The maximum Gasteiger partial charge on any atom is 0.305 e. The number of nitrogens with two attached hydrogens (primary N) is 1. The highest BCUT2D eigenvalue weighted by Gasteiger charge is 2.43. The molecule has 0 saturated heterocycles. The highest BCUT2D eigenvalue weighted by molar-refractivity contribution is 6.01. The van der Waals surface area contributed by atoms with Crippen LogP contribution in [-0.2, 0) is 101 Å². The van der Waals surface area contributed by atoms with Gasteiger partial charge in [0.25, 0.3) is 5.91 Å². The maximum atomic E-state index is 15.6. The number of hydrogen-bond acceptors (Lipinski definition) is 20. The van der Waals surface area contributed by atoms with Crippen LogP contribution in [0.15, 0.2) is 135 Å². The molecule has 0 fully saturated rings. The number of benzene rings is 4. The number of carbonyl (C=O) groups excluding carboxylic acids is 11. The molecule has 3 heterocycles. The molecule has 36 heteroatoms. The number of H-pyrrole nitrogens is 2. The number of nitrogens with zero attached hydrogens (tertiary/aromatic N) is 4. The van der Waals surface area contributed by atoms with Gasteiger partial charge in [0, 0.05) is 81.7 Å². The number of nitrogens with one attached hydrogen (secondary N) is 11. The van der Waals surface area contributed by atoms with E-state index in [9.17, 15) is 87.9 Å². The van der Waals surface area contributed by atoms with Crippen LogP contribution in [0.3, 0.4) is 0 Å². The Labute approximate surface area is 654 Å². The van der Waals surface area contributed by atoms with Crippen LogP contribution in [0.5, 0.6) is 5.75 Å². The van der Waals surface area contributed by atoms with Crippen LogP contribution in [0.2, 0.25) is 0 Å². The van der Waals surface area contributed by atoms with Crippen molar-refractivity contribution in [2.24, 2.45) is 5.73 Å². The number of halogens is 1. The molecule has 0 radical (unpaired) electrons. The number of hydrogen-bond donors (Lipinski definition) is 17. The smallest absolute Gasteiger partial charge is 0.305 e. The Morgan fingerprint density at radius 3 is 1.77 bits per heavy atom. The zero-order chi connectivity index (χ0) is 83.7. The molecule has 0 spiro atoms. The first-order valence-electron chi connectivity index (χ1n) is 36.3. The van der Waals surface area contributed by atoms with Crippen molar-refractivity contribution in [3.8, 4) is 28.0 Å². The van der Waals surface area contributed by atoms with E-state index in [1.54, 1.807) is 49.7 Å². The molecule has 35 nitrogen and oxygen atoms in total. The Kier molecular flexibility index (Phi) is 32.1. The highest BCUT2D eigenvalue weighted by Crippen LogP contribution is 2.30. The molecule has 0 aliphatic carbocycles. The van der Waals surface area contributed by atoms with Gasteiger partial charge in [-0.2, -0.15) is 0 Å². The second-order valence-corrected chi connectivity index (χ2v) is 27.6. The number of aliphatic carboxylic acids is 2. The number of aliphatic hydroxyl groups excluding tert-OH is 3. The molecule has 3 aromatic heterocycles. The van der Waals surface area contributed by atoms with Crippen molar-refractivity contribution in [3.63, 3.8) is 0 Å². The molecule has 608 valence electrons. The van der Waals surface area contributed by atoms with Crippen LogP contribution in [0, 0.1) is 12.7 Å². The number of methoxy groups -OCH3 is 1. The summed E-state index contributed by atoms with van der Waals surface area (Å²) >= 11 is 0. The van der Waals surface area contributed by atoms with E-state index in [1.807, 2.05) is 50.2 Å². The summed E-state index contributed by atoms with van der Waals surface area (Å²) in [5.74, 6) is -15.8. The number of carbonyl (C=O) groups is 13. The zero-order valence-corrected chi connectivity index (χ0v) is 63.8. The molecule has 0 aliphatic rings. The third kappa shape index (κ3) is 25.1. The maximum absolute atomic E-state index is 15.6. The van der Waals surface area contributed by atoms with Crippen LogP contribution >= 0.6 is 0 Å². The first-order chi connectivity index (χ1) is 54.1. The first kappa shape index (κ1) is 88.4. The van der Waals surface area contributed by atoms with E-state index in [0.29, 0.717) is 34.6 Å². The van der Waals surface area contributed by atoms with Crippen molar-refractivity contribution in [2.45, 2.75) is 172 Å². The van der Waals surface area contributed by atoms with Gasteiger partial charge in [-0.1, -0.05) is 79.7 Å². The third-order valence-electron chi connectivity index (χ3n) is 18.9. The summed E-state index contributed by atoms with van der Waals surface area (Å²) in [5.41, 5.74) is 9.89. The summed E-state index contributed by atoms with van der Waals surface area (Å²) in [6.07, 6.45) is -0.725. The molecular weight excluding hydrogens is 1480 g/mol. The molecule has 114 heavy (non-hydrogen) atoms. The number of rotatable bonds is 42. The van der Waals surface area contributed by atoms with E-state index in [1.165, 1.54) is 63.4 Å². The average Bonchev–Trinajstić information content (AvgIpc) is 1.69. The van der Waals surface area contributed by atoms with Crippen LogP contribution in [0.25, 0.3) is 22.3 Å². The summed E-state index contributed by atoms with van der Waals surface area (Å²) in [7, 11) is 2.75. The third-order valence-corrected chi connectivity index (χ3v) is 18.9. The van der Waals surface area contributed by atoms with Crippen LogP contribution in [-0.4, -0.2) is 225 Å². The number of amides is 11. The lowest BCUT2D eigenvalue weighted by Gasteiger charge is -2.34. The van der Waals surface area contributed by atoms with Crippen molar-refractivity contribution < 1.29 is 97.0 Å². The Balaban J connectivity index is 1.10. The van der Waals surface area contributed by atoms with E-state index in [2.05, 4.69) is 72.8 Å². The number of imidazole rings is 2. The van der Waals surface area contributed by atoms with Crippen LogP contribution in [0.4, 0.5) is 4.39 Å². The van der Waals surface area contributed by atoms with Crippen molar-refractivity contribution in [2.75, 3.05) is 20.7 Å². The minimum atomic E-state index is -2.43. The van der Waals surface area contributed by atoms with Gasteiger partial charge in [0.05, 0.1) is 44.9 Å². The molecule has 1 unspecified atom stereocenters. The molecule has 7 aromatic rings. The number of pyridine rings is 1. The van der Waals surface area contributed by atoms with E-state index in [-0.39, 0.29) is 30.5 Å². The predicted octanol–water partition coefficient (Wildman–Crippen LogP) is -0.427. The molecule has 4 aromatic carbocycles. The second kappa shape index (κ2) is 41.4. The van der Waals surface area contributed by atoms with Gasteiger partial charge in [-0.25, -0.2) is 14.4 Å². The predicted molar refractivity (Wildman–Crippen MR) is 407 cm³/mol. The highest BCUT2D eigenvalue weighted by atomic mass is 19.1. The van der Waals surface area contributed by atoms with Crippen LogP contribution in [0.1, 0.15) is 93.1 Å². The fraction of sp³-hybridized carbons (Fsp3) is 0.385. The molecule has 7 rings (SSSR count). The number of carboxylic acid groups (broad SMARTS) is 2. The fourth-order valence-corrected chi connectivity index (χ4v) is 12.3. The monoisotopic (exact) mass is 1580 g/mol. The number of aromatic amines is 2. The van der Waals surface area contributed by atoms with Crippen molar-refractivity contribution in [1.82, 2.24) is 77.7 Å². The number of likely N-dealkylation sites (N-methyl/N-ethyl adjacent to an activating group) is 1. The zero-order valence-electron chi connectivity index (χ0n) is 63.8. The standard InChI is InChI=1S/C78H95FN16O19/c1-9-46-29-52(114-8)22-23-54(46)47-20-18-45(19-21-47)28-59(71(107)88-58(68(80)104)30-49-35-81-27-26-55(49)53-16-12-10-14-41(53)2)89-73(109)61(33-65(102)103)90-72(108)60(31-50-36-82-39-85-50)91-74(110)66(43(4)96)93-77(113)78(6,34-48-15-11-13-17-56(48)79)94-75(111)67(44(5)97)92-63(99)38-84-70(106)57(24-25-64(100)101)87-69(105)42(3)95(7)76(112)62(98)32-51-37-83-40-86-51/h10-23,26-27,29,35-37,39-40,42-44,57-62,66-67,96-98H,9,24-25,28,30-34,38H2,1-8H3,(H2,80,104)(H,82,85)(H,83,86)(H,84,106)(H,87,105)(H,88,107)(H,89,109)(H,90,108)(H,91,110)(H,92,99)(H,93,113)(H,94,111)(H,100,101)(H,102,103)/t42?,43-,44-,57+,58+,59+,60+,61+,62+,66+,67+,78-/m1/s1. The van der Waals surface area contributed by atoms with E-state index in [4.69, 9.17) is 10.5 Å². The largest absolute Gasteiger partial charge is 0.497 e. The Hall–Kier alpha value is -12.8. The Morgan fingerprint density at radius 1 is 0.588 bits per heavy atom. The number of carboxylic acids is 2. The summed E-state index contributed by atoms with van der Waals surface area (Å²) in [4.78, 5) is 198. The summed E-state index contributed by atoms with van der Waals surface area (Å²) in [6.45, 7) is 7.29. The van der Waals surface area contributed by atoms with E-state index < -0.39 is 194 Å². The first-order valence-corrected chi connectivity index (χ1v) is 36.3. The molecule has 12 atom stereocenters. The van der Waals surface area contributed by atoms with Gasteiger partial charge >= 0.3 is 11.9 Å². The summed E-state index contributed by atoms with van der Waals surface area (Å²) in [6, 6.07) is 12.6. The lowest BCUT2D eigenvalue weighted by molar-refractivity contribution is -0.145. The van der Waals surface area contributed by atoms with Gasteiger partial charge in [-0.3, -0.25) is 67.3 Å².